The lowest BCUT2D eigenvalue weighted by Crippen LogP contribution is -2.45. The van der Waals surface area contributed by atoms with Gasteiger partial charge in [-0.2, -0.15) is 0 Å². The van der Waals surface area contributed by atoms with Gasteiger partial charge in [-0.05, 0) is 43.9 Å². The lowest BCUT2D eigenvalue weighted by Gasteiger charge is -2.33. The minimum absolute atomic E-state index is 0.106. The first-order valence-electron chi connectivity index (χ1n) is 8.64. The Kier molecular flexibility index (Phi) is 5.70. The zero-order valence-corrected chi connectivity index (χ0v) is 14.9. The Hall–Kier alpha value is -0.940. The van der Waals surface area contributed by atoms with Crippen LogP contribution in [-0.4, -0.2) is 29.4 Å². The summed E-state index contributed by atoms with van der Waals surface area (Å²) in [5.41, 5.74) is 0.260. The van der Waals surface area contributed by atoms with Crippen LogP contribution in [0.4, 0.5) is 10.1 Å². The summed E-state index contributed by atoms with van der Waals surface area (Å²) in [7, 11) is 0. The fraction of sp³-hybridized carbons (Fsp3) is 0.611. The molecule has 2 fully saturated rings. The molecule has 23 heavy (non-hydrogen) atoms. The molecule has 1 N–H and O–H groups in total. The molecule has 3 rings (SSSR count). The maximum absolute atomic E-state index is 13.9. The number of carbonyl (C=O) groups excluding carboxylic acids is 1. The standard InChI is InChI=1S/C18H24BrFN2O/c19-13-9-10-17(16(20)11-13)21-18(23)12-22(14-5-1-2-6-14)15-7-3-4-8-15/h9-11,14-15H,1-8,12H2,(H,21,23). The summed E-state index contributed by atoms with van der Waals surface area (Å²) in [5, 5.41) is 2.74. The molecule has 0 spiro atoms. The molecule has 0 atom stereocenters. The van der Waals surface area contributed by atoms with Crippen LogP contribution in [0.1, 0.15) is 51.4 Å². The van der Waals surface area contributed by atoms with Crippen molar-refractivity contribution in [3.63, 3.8) is 0 Å². The number of hydrogen-bond donors (Lipinski definition) is 1. The van der Waals surface area contributed by atoms with Crippen molar-refractivity contribution in [3.05, 3.63) is 28.5 Å². The minimum Gasteiger partial charge on any atom is -0.322 e. The van der Waals surface area contributed by atoms with Crippen LogP contribution in [0.3, 0.4) is 0 Å². The lowest BCUT2D eigenvalue weighted by molar-refractivity contribution is -0.118. The normalized spacial score (nSPS) is 19.6. The number of rotatable bonds is 5. The van der Waals surface area contributed by atoms with E-state index >= 15 is 0 Å². The fourth-order valence-electron chi connectivity index (χ4n) is 3.97. The average molecular weight is 383 g/mol. The van der Waals surface area contributed by atoms with Gasteiger partial charge in [-0.25, -0.2) is 4.39 Å². The first-order valence-corrected chi connectivity index (χ1v) is 9.43. The number of nitrogens with zero attached hydrogens (tertiary/aromatic N) is 1. The van der Waals surface area contributed by atoms with Crippen LogP contribution in [0, 0.1) is 5.82 Å². The van der Waals surface area contributed by atoms with E-state index in [1.165, 1.54) is 57.4 Å². The highest BCUT2D eigenvalue weighted by molar-refractivity contribution is 9.10. The molecular formula is C18H24BrFN2O. The van der Waals surface area contributed by atoms with Gasteiger partial charge in [0.1, 0.15) is 5.82 Å². The maximum atomic E-state index is 13.9. The highest BCUT2D eigenvalue weighted by atomic mass is 79.9. The van der Waals surface area contributed by atoms with E-state index in [2.05, 4.69) is 26.1 Å². The van der Waals surface area contributed by atoms with Crippen molar-refractivity contribution in [2.24, 2.45) is 0 Å². The van der Waals surface area contributed by atoms with Gasteiger partial charge in [-0.1, -0.05) is 41.6 Å². The SMILES string of the molecule is O=C(CN(C1CCCC1)C1CCCC1)Nc1ccc(Br)cc1F. The summed E-state index contributed by atoms with van der Waals surface area (Å²) >= 11 is 3.23. The Labute approximate surface area is 145 Å². The van der Waals surface area contributed by atoms with Crippen molar-refractivity contribution in [2.45, 2.75) is 63.5 Å². The molecule has 1 aromatic rings. The van der Waals surface area contributed by atoms with Crippen molar-refractivity contribution in [2.75, 3.05) is 11.9 Å². The van der Waals surface area contributed by atoms with Gasteiger partial charge in [0.2, 0.25) is 5.91 Å². The Morgan fingerprint density at radius 1 is 1.13 bits per heavy atom. The number of benzene rings is 1. The second kappa shape index (κ2) is 7.75. The predicted octanol–water partition coefficient (Wildman–Crippen LogP) is 4.71. The first-order chi connectivity index (χ1) is 11.1. The molecule has 1 amide bonds. The Bertz CT molecular complexity index is 538. The third-order valence-corrected chi connectivity index (χ3v) is 5.61. The highest BCUT2D eigenvalue weighted by Gasteiger charge is 2.31. The zero-order valence-electron chi connectivity index (χ0n) is 13.4. The van der Waals surface area contributed by atoms with E-state index in [1.807, 2.05) is 0 Å². The van der Waals surface area contributed by atoms with Crippen molar-refractivity contribution >= 4 is 27.5 Å². The van der Waals surface area contributed by atoms with Crippen molar-refractivity contribution in [3.8, 4) is 0 Å². The smallest absolute Gasteiger partial charge is 0.238 e. The van der Waals surface area contributed by atoms with E-state index in [0.29, 0.717) is 23.1 Å². The van der Waals surface area contributed by atoms with Crippen LogP contribution in [0.15, 0.2) is 22.7 Å². The molecule has 0 radical (unpaired) electrons. The van der Waals surface area contributed by atoms with E-state index in [9.17, 15) is 9.18 Å². The molecule has 2 aliphatic rings. The molecule has 0 unspecified atom stereocenters. The van der Waals surface area contributed by atoms with Crippen LogP contribution in [-0.2, 0) is 4.79 Å². The largest absolute Gasteiger partial charge is 0.322 e. The summed E-state index contributed by atoms with van der Waals surface area (Å²) in [6, 6.07) is 5.77. The number of halogens is 2. The highest BCUT2D eigenvalue weighted by Crippen LogP contribution is 2.31. The minimum atomic E-state index is -0.402. The van der Waals surface area contributed by atoms with Crippen LogP contribution >= 0.6 is 15.9 Å². The predicted molar refractivity (Wildman–Crippen MR) is 93.9 cm³/mol. The molecule has 0 aromatic heterocycles. The van der Waals surface area contributed by atoms with E-state index in [4.69, 9.17) is 0 Å². The van der Waals surface area contributed by atoms with Gasteiger partial charge in [0.25, 0.3) is 0 Å². The summed E-state index contributed by atoms with van der Waals surface area (Å²) in [5.74, 6) is -0.508. The number of nitrogens with one attached hydrogen (secondary N) is 1. The van der Waals surface area contributed by atoms with Crippen molar-refractivity contribution < 1.29 is 9.18 Å². The Balaban J connectivity index is 1.65. The average Bonchev–Trinajstić information content (AvgIpc) is 3.21. The molecule has 0 bridgehead atoms. The number of carbonyl (C=O) groups is 1. The number of anilines is 1. The molecule has 3 nitrogen and oxygen atoms in total. The maximum Gasteiger partial charge on any atom is 0.238 e. The fourth-order valence-corrected chi connectivity index (χ4v) is 4.31. The van der Waals surface area contributed by atoms with Gasteiger partial charge in [0.05, 0.1) is 12.2 Å². The number of hydrogen-bond acceptors (Lipinski definition) is 2. The topological polar surface area (TPSA) is 32.3 Å². The second-order valence-electron chi connectivity index (χ2n) is 6.72. The van der Waals surface area contributed by atoms with E-state index in [-0.39, 0.29) is 11.6 Å². The molecule has 0 aliphatic heterocycles. The molecule has 1 aromatic carbocycles. The summed E-state index contributed by atoms with van der Waals surface area (Å²) in [6.07, 6.45) is 9.81. The van der Waals surface area contributed by atoms with Crippen molar-refractivity contribution in [1.29, 1.82) is 0 Å². The van der Waals surface area contributed by atoms with Gasteiger partial charge in [-0.15, -0.1) is 0 Å². The quantitative estimate of drug-likeness (QED) is 0.799. The van der Waals surface area contributed by atoms with Crippen LogP contribution in [0.25, 0.3) is 0 Å². The monoisotopic (exact) mass is 382 g/mol. The Morgan fingerprint density at radius 2 is 1.70 bits per heavy atom. The zero-order chi connectivity index (χ0) is 16.2. The van der Waals surface area contributed by atoms with Gasteiger partial charge in [0.15, 0.2) is 0 Å². The molecule has 2 saturated carbocycles. The van der Waals surface area contributed by atoms with Gasteiger partial charge in [0, 0.05) is 16.6 Å². The van der Waals surface area contributed by atoms with Gasteiger partial charge >= 0.3 is 0 Å². The van der Waals surface area contributed by atoms with Crippen LogP contribution < -0.4 is 5.32 Å². The Morgan fingerprint density at radius 3 is 2.22 bits per heavy atom. The van der Waals surface area contributed by atoms with Gasteiger partial charge < -0.3 is 5.32 Å². The molecule has 0 saturated heterocycles. The molecule has 5 heteroatoms. The third-order valence-electron chi connectivity index (χ3n) is 5.12. The van der Waals surface area contributed by atoms with Crippen LogP contribution in [0.2, 0.25) is 0 Å². The molecule has 0 heterocycles. The molecular weight excluding hydrogens is 359 g/mol. The summed E-state index contributed by atoms with van der Waals surface area (Å²) < 4.78 is 14.6. The molecule has 2 aliphatic carbocycles. The summed E-state index contributed by atoms with van der Waals surface area (Å²) in [6.45, 7) is 0.380. The van der Waals surface area contributed by atoms with Crippen LogP contribution in [0.5, 0.6) is 0 Å². The second-order valence-corrected chi connectivity index (χ2v) is 7.64. The van der Waals surface area contributed by atoms with E-state index in [0.717, 1.165) is 0 Å². The van der Waals surface area contributed by atoms with E-state index < -0.39 is 5.82 Å². The van der Waals surface area contributed by atoms with Gasteiger partial charge in [-0.3, -0.25) is 9.69 Å². The summed E-state index contributed by atoms with van der Waals surface area (Å²) in [4.78, 5) is 14.8. The van der Waals surface area contributed by atoms with E-state index in [1.54, 1.807) is 12.1 Å². The molecule has 126 valence electrons. The van der Waals surface area contributed by atoms with Crippen molar-refractivity contribution in [1.82, 2.24) is 4.90 Å². The first kappa shape index (κ1) is 16.9. The lowest BCUT2D eigenvalue weighted by atomic mass is 10.1. The number of amides is 1. The third kappa shape index (κ3) is 4.32.